The fraction of sp³-hybridized carbons (Fsp3) is 0.296. The van der Waals surface area contributed by atoms with Gasteiger partial charge >= 0.3 is 6.18 Å². The van der Waals surface area contributed by atoms with Crippen LogP contribution in [0.25, 0.3) is 0 Å². The van der Waals surface area contributed by atoms with Crippen LogP contribution in [0.2, 0.25) is 20.4 Å². The molecule has 3 aromatic rings. The van der Waals surface area contributed by atoms with Gasteiger partial charge in [-0.15, -0.1) is 0 Å². The summed E-state index contributed by atoms with van der Waals surface area (Å²) in [6.45, 7) is 2.39. The molecular weight excluding hydrogens is 613 g/mol. The van der Waals surface area contributed by atoms with Gasteiger partial charge in [-0.2, -0.15) is 13.2 Å². The number of benzene rings is 2. The maximum Gasteiger partial charge on any atom is 0.419 e. The molecule has 0 bridgehead atoms. The third kappa shape index (κ3) is 7.72. The molecular formula is C27H24Cl4F3N3O3. The number of methoxy groups -OCH3 is 1. The third-order valence-corrected chi connectivity index (χ3v) is 7.43. The van der Waals surface area contributed by atoms with Crippen LogP contribution in [0.15, 0.2) is 48.5 Å². The number of carbonyl (C=O) groups excluding carboxylic acids is 2. The zero-order chi connectivity index (χ0) is 29.8. The number of carbonyl (C=O) groups is 2. The van der Waals surface area contributed by atoms with Crippen molar-refractivity contribution < 1.29 is 27.5 Å². The summed E-state index contributed by atoms with van der Waals surface area (Å²) in [7, 11) is 2.91. The number of pyridine rings is 1. The van der Waals surface area contributed by atoms with Gasteiger partial charge in [-0.05, 0) is 48.9 Å². The summed E-state index contributed by atoms with van der Waals surface area (Å²) < 4.78 is 41.6. The lowest BCUT2D eigenvalue weighted by Crippen LogP contribution is -2.37. The average Bonchev–Trinajstić information content (AvgIpc) is 3.34. The van der Waals surface area contributed by atoms with E-state index in [2.05, 4.69) is 9.72 Å². The standard InChI is InChI=1S/C18H15Cl4N3O2.C9H9F3O/c1-24(9-26)15-8-25(18(27)11-5-16(21)23-17(22)6-11)7-12(15)10-2-3-13(19)14(20)4-10;1-6-3-4-8(13-2)7(5-6)9(10,11)12/h2-6,9,12,15H,7-8H2,1H3;3-5H,1-2H3/t12?,15-;/m1./s1. The fourth-order valence-electron chi connectivity index (χ4n) is 4.33. The number of aryl methyl sites for hydroxylation is 1. The number of rotatable bonds is 5. The van der Waals surface area contributed by atoms with Crippen molar-refractivity contribution in [3.05, 3.63) is 91.1 Å². The van der Waals surface area contributed by atoms with Gasteiger partial charge in [0, 0.05) is 31.6 Å². The minimum Gasteiger partial charge on any atom is -0.496 e. The highest BCUT2D eigenvalue weighted by atomic mass is 35.5. The van der Waals surface area contributed by atoms with Gasteiger partial charge in [-0.25, -0.2) is 4.98 Å². The van der Waals surface area contributed by atoms with Gasteiger partial charge in [0.1, 0.15) is 16.1 Å². The summed E-state index contributed by atoms with van der Waals surface area (Å²) in [5, 5.41) is 1.17. The summed E-state index contributed by atoms with van der Waals surface area (Å²) in [5.74, 6) is -0.474. The van der Waals surface area contributed by atoms with Crippen LogP contribution in [0.1, 0.15) is 33.0 Å². The number of likely N-dealkylation sites (N-methyl/N-ethyl adjacent to an activating group) is 1. The monoisotopic (exact) mass is 635 g/mol. The van der Waals surface area contributed by atoms with E-state index in [0.29, 0.717) is 34.3 Å². The lowest BCUT2D eigenvalue weighted by molar-refractivity contribution is -0.138. The second-order valence-corrected chi connectivity index (χ2v) is 10.6. The quantitative estimate of drug-likeness (QED) is 0.216. The number of likely N-dealkylation sites (tertiary alicyclic amines) is 1. The van der Waals surface area contributed by atoms with E-state index in [1.54, 1.807) is 42.0 Å². The van der Waals surface area contributed by atoms with Crippen molar-refractivity contribution in [3.8, 4) is 5.75 Å². The zero-order valence-electron chi connectivity index (χ0n) is 21.5. The van der Waals surface area contributed by atoms with Crippen molar-refractivity contribution in [2.75, 3.05) is 27.2 Å². The Hall–Kier alpha value is -2.72. The lowest BCUT2D eigenvalue weighted by atomic mass is 9.94. The van der Waals surface area contributed by atoms with E-state index in [4.69, 9.17) is 46.4 Å². The van der Waals surface area contributed by atoms with Crippen molar-refractivity contribution >= 4 is 58.7 Å². The molecule has 1 aliphatic heterocycles. The van der Waals surface area contributed by atoms with Crippen LogP contribution in [-0.2, 0) is 11.0 Å². The van der Waals surface area contributed by atoms with Crippen molar-refractivity contribution in [2.24, 2.45) is 0 Å². The van der Waals surface area contributed by atoms with E-state index in [-0.39, 0.29) is 33.9 Å². The molecule has 0 spiro atoms. The van der Waals surface area contributed by atoms with Crippen LogP contribution >= 0.6 is 46.4 Å². The van der Waals surface area contributed by atoms with E-state index in [1.165, 1.54) is 25.3 Å². The first-order valence-corrected chi connectivity index (χ1v) is 13.2. The fourth-order valence-corrected chi connectivity index (χ4v) is 5.10. The molecule has 1 aliphatic rings. The molecule has 6 nitrogen and oxygen atoms in total. The molecule has 2 amide bonds. The smallest absolute Gasteiger partial charge is 0.419 e. The Kier molecular flexibility index (Phi) is 10.6. The number of aromatic nitrogens is 1. The Morgan fingerprint density at radius 3 is 2.23 bits per heavy atom. The number of amides is 2. The largest absolute Gasteiger partial charge is 0.496 e. The summed E-state index contributed by atoms with van der Waals surface area (Å²) in [4.78, 5) is 31.4. The first-order valence-electron chi connectivity index (χ1n) is 11.7. The van der Waals surface area contributed by atoms with Crippen LogP contribution in [-0.4, -0.2) is 60.4 Å². The molecule has 1 saturated heterocycles. The number of hydrogen-bond acceptors (Lipinski definition) is 4. The number of ether oxygens (including phenoxy) is 1. The van der Waals surface area contributed by atoms with Crippen molar-refractivity contribution in [1.82, 2.24) is 14.8 Å². The van der Waals surface area contributed by atoms with E-state index in [1.807, 2.05) is 6.07 Å². The van der Waals surface area contributed by atoms with Crippen molar-refractivity contribution in [1.29, 1.82) is 0 Å². The zero-order valence-corrected chi connectivity index (χ0v) is 24.5. The van der Waals surface area contributed by atoms with Crippen LogP contribution in [0, 0.1) is 6.92 Å². The summed E-state index contributed by atoms with van der Waals surface area (Å²) >= 11 is 24.0. The van der Waals surface area contributed by atoms with Gasteiger partial charge in [0.05, 0.1) is 28.8 Å². The molecule has 13 heteroatoms. The first kappa shape index (κ1) is 31.8. The molecule has 2 heterocycles. The van der Waals surface area contributed by atoms with E-state index < -0.39 is 11.7 Å². The molecule has 0 aliphatic carbocycles. The Labute approximate surface area is 249 Å². The molecule has 4 rings (SSSR count). The van der Waals surface area contributed by atoms with Gasteiger partial charge in [-0.1, -0.05) is 64.1 Å². The minimum atomic E-state index is -4.35. The molecule has 40 heavy (non-hydrogen) atoms. The van der Waals surface area contributed by atoms with E-state index >= 15 is 0 Å². The highest BCUT2D eigenvalue weighted by Crippen LogP contribution is 2.37. The Bertz CT molecular complexity index is 1370. The maximum absolute atomic E-state index is 12.9. The third-order valence-electron chi connectivity index (χ3n) is 6.31. The number of halogens is 7. The second-order valence-electron chi connectivity index (χ2n) is 9.03. The molecule has 0 saturated carbocycles. The molecule has 0 N–H and O–H groups in total. The SMILES string of the molecule is CN(C=O)[C@@H]1CN(C(=O)c2cc(Cl)nc(Cl)c2)CC1c1ccc(Cl)c(Cl)c1.COc1ccc(C)cc1C(F)(F)F. The van der Waals surface area contributed by atoms with Crippen LogP contribution in [0.4, 0.5) is 13.2 Å². The maximum atomic E-state index is 12.9. The van der Waals surface area contributed by atoms with Crippen molar-refractivity contribution in [3.63, 3.8) is 0 Å². The second kappa shape index (κ2) is 13.3. The van der Waals surface area contributed by atoms with Crippen LogP contribution in [0.3, 0.4) is 0 Å². The van der Waals surface area contributed by atoms with Crippen LogP contribution in [0.5, 0.6) is 5.75 Å². The predicted octanol–water partition coefficient (Wildman–Crippen LogP) is 7.41. The number of alkyl halides is 3. The Morgan fingerprint density at radius 2 is 1.68 bits per heavy atom. The molecule has 214 valence electrons. The lowest BCUT2D eigenvalue weighted by Gasteiger charge is -2.25. The molecule has 2 aromatic carbocycles. The predicted molar refractivity (Wildman–Crippen MR) is 150 cm³/mol. The van der Waals surface area contributed by atoms with Gasteiger partial charge in [0.15, 0.2) is 0 Å². The molecule has 1 unspecified atom stereocenters. The van der Waals surface area contributed by atoms with Gasteiger partial charge in [0.2, 0.25) is 6.41 Å². The highest BCUT2D eigenvalue weighted by Gasteiger charge is 2.39. The van der Waals surface area contributed by atoms with E-state index in [9.17, 15) is 22.8 Å². The normalized spacial score (nSPS) is 16.7. The van der Waals surface area contributed by atoms with Gasteiger partial charge in [0.25, 0.3) is 5.91 Å². The molecule has 0 radical (unpaired) electrons. The van der Waals surface area contributed by atoms with Gasteiger partial charge in [-0.3, -0.25) is 9.59 Å². The van der Waals surface area contributed by atoms with Crippen molar-refractivity contribution in [2.45, 2.75) is 25.1 Å². The highest BCUT2D eigenvalue weighted by molar-refractivity contribution is 6.42. The molecule has 1 aromatic heterocycles. The summed E-state index contributed by atoms with van der Waals surface area (Å²) in [6, 6.07) is 12.1. The van der Waals surface area contributed by atoms with Gasteiger partial charge < -0.3 is 14.5 Å². The summed E-state index contributed by atoms with van der Waals surface area (Å²) in [5.41, 5.74) is 1.09. The summed E-state index contributed by atoms with van der Waals surface area (Å²) in [6.07, 6.45) is -3.60. The molecule has 2 atom stereocenters. The average molecular weight is 637 g/mol. The molecule has 1 fully saturated rings. The topological polar surface area (TPSA) is 62.7 Å². The van der Waals surface area contributed by atoms with E-state index in [0.717, 1.165) is 18.0 Å². The Morgan fingerprint density at radius 1 is 1.02 bits per heavy atom. The Balaban J connectivity index is 0.000000285. The minimum absolute atomic E-state index is 0.105. The number of hydrogen-bond donors (Lipinski definition) is 0. The first-order chi connectivity index (χ1) is 18.7. The van der Waals surface area contributed by atoms with Crippen LogP contribution < -0.4 is 4.74 Å². The number of nitrogens with zero attached hydrogens (tertiary/aromatic N) is 3.